The van der Waals surface area contributed by atoms with E-state index in [-0.39, 0.29) is 18.9 Å². The number of carbonyl (C=O) groups is 2. The van der Waals surface area contributed by atoms with Crippen LogP contribution in [0.1, 0.15) is 16.8 Å². The quantitative estimate of drug-likeness (QED) is 0.473. The Hall–Kier alpha value is -1.41. The zero-order valence-corrected chi connectivity index (χ0v) is 13.6. The molecule has 0 saturated heterocycles. The molecule has 0 aliphatic rings. The first-order chi connectivity index (χ1) is 10.6. The van der Waals surface area contributed by atoms with E-state index in [9.17, 15) is 14.0 Å². The second-order valence-corrected chi connectivity index (χ2v) is 6.81. The lowest BCUT2D eigenvalue weighted by Gasteiger charge is -2.06. The molecule has 1 amide bonds. The number of amides is 1. The number of carboxylic acids is 1. The molecule has 0 radical (unpaired) electrons. The summed E-state index contributed by atoms with van der Waals surface area (Å²) in [5, 5.41) is 11.2. The Morgan fingerprint density at radius 2 is 1.86 bits per heavy atom. The summed E-state index contributed by atoms with van der Waals surface area (Å²) in [5.41, 5.74) is 0.510. The molecule has 0 heterocycles. The lowest BCUT2D eigenvalue weighted by atomic mass is 10.2. The normalized spacial score (nSPS) is 10.2. The van der Waals surface area contributed by atoms with Gasteiger partial charge in [-0.25, -0.2) is 4.39 Å². The van der Waals surface area contributed by atoms with Crippen molar-refractivity contribution in [2.45, 2.75) is 6.42 Å². The minimum Gasteiger partial charge on any atom is -0.491 e. The molecule has 5 nitrogen and oxygen atoms in total. The Labute approximate surface area is 136 Å². The van der Waals surface area contributed by atoms with E-state index in [0.717, 1.165) is 0 Å². The summed E-state index contributed by atoms with van der Waals surface area (Å²) in [6.45, 7) is -0.0453. The van der Waals surface area contributed by atoms with Gasteiger partial charge in [-0.15, -0.1) is 0 Å². The first-order valence-electron chi connectivity index (χ1n) is 6.66. The zero-order chi connectivity index (χ0) is 16.2. The van der Waals surface area contributed by atoms with Gasteiger partial charge >= 0.3 is 5.97 Å². The van der Waals surface area contributed by atoms with Crippen molar-refractivity contribution in [3.8, 4) is 5.75 Å². The standard InChI is InChI=1S/C14H18FNO4S2/c15-6-8-20-12-3-1-11(2-4-12)14(19)16-7-10-22-21-9-5-13(17)18/h1-4H,5-10H2,(H,16,19)(H,17,18). The van der Waals surface area contributed by atoms with Gasteiger partial charge in [0.2, 0.25) is 0 Å². The molecule has 0 aromatic heterocycles. The van der Waals surface area contributed by atoms with Crippen LogP contribution in [0.4, 0.5) is 4.39 Å². The fraction of sp³-hybridized carbons (Fsp3) is 0.429. The maximum Gasteiger partial charge on any atom is 0.304 e. The molecular formula is C14H18FNO4S2. The van der Waals surface area contributed by atoms with E-state index < -0.39 is 12.6 Å². The number of hydrogen-bond acceptors (Lipinski definition) is 5. The molecule has 8 heteroatoms. The molecule has 1 aromatic carbocycles. The molecule has 0 aliphatic heterocycles. The number of aliphatic carboxylic acids is 1. The van der Waals surface area contributed by atoms with Gasteiger partial charge < -0.3 is 15.2 Å². The summed E-state index contributed by atoms with van der Waals surface area (Å²) in [6, 6.07) is 6.50. The molecule has 22 heavy (non-hydrogen) atoms. The first kappa shape index (κ1) is 18.6. The van der Waals surface area contributed by atoms with Crippen LogP contribution in [0.25, 0.3) is 0 Å². The fourth-order valence-corrected chi connectivity index (χ4v) is 3.30. The molecule has 0 saturated carbocycles. The van der Waals surface area contributed by atoms with E-state index in [0.29, 0.717) is 29.4 Å². The van der Waals surface area contributed by atoms with Crippen molar-refractivity contribution >= 4 is 33.5 Å². The second-order valence-electron chi connectivity index (χ2n) is 4.11. The van der Waals surface area contributed by atoms with Crippen LogP contribution in [-0.2, 0) is 4.79 Å². The van der Waals surface area contributed by atoms with Crippen LogP contribution in [-0.4, -0.2) is 48.3 Å². The lowest BCUT2D eigenvalue weighted by Crippen LogP contribution is -2.25. The van der Waals surface area contributed by atoms with E-state index in [1.807, 2.05) is 0 Å². The van der Waals surface area contributed by atoms with Gasteiger partial charge in [0.15, 0.2) is 0 Å². The van der Waals surface area contributed by atoms with Gasteiger partial charge in [-0.2, -0.15) is 0 Å². The predicted molar refractivity (Wildman–Crippen MR) is 87.4 cm³/mol. The van der Waals surface area contributed by atoms with Crippen molar-refractivity contribution in [3.05, 3.63) is 29.8 Å². The third-order valence-corrected chi connectivity index (χ3v) is 4.82. The average Bonchev–Trinajstić information content (AvgIpc) is 2.52. The predicted octanol–water partition coefficient (Wildman–Crippen LogP) is 2.62. The van der Waals surface area contributed by atoms with Crippen molar-refractivity contribution in [1.82, 2.24) is 5.32 Å². The largest absolute Gasteiger partial charge is 0.491 e. The van der Waals surface area contributed by atoms with E-state index >= 15 is 0 Å². The first-order valence-corrected chi connectivity index (χ1v) is 9.15. The van der Waals surface area contributed by atoms with Crippen LogP contribution in [0.2, 0.25) is 0 Å². The maximum atomic E-state index is 12.0. The Morgan fingerprint density at radius 1 is 1.18 bits per heavy atom. The smallest absolute Gasteiger partial charge is 0.304 e. The number of carbonyl (C=O) groups excluding carboxylic acids is 1. The van der Waals surface area contributed by atoms with Crippen LogP contribution in [0.5, 0.6) is 5.75 Å². The SMILES string of the molecule is O=C(O)CCSSCCNC(=O)c1ccc(OCCF)cc1. The average molecular weight is 347 g/mol. The lowest BCUT2D eigenvalue weighted by molar-refractivity contribution is -0.136. The third kappa shape index (κ3) is 8.14. The number of rotatable bonds is 11. The van der Waals surface area contributed by atoms with E-state index in [4.69, 9.17) is 9.84 Å². The van der Waals surface area contributed by atoms with Crippen molar-refractivity contribution in [1.29, 1.82) is 0 Å². The Bertz CT molecular complexity index is 470. The Balaban J connectivity index is 2.18. The number of halogens is 1. The van der Waals surface area contributed by atoms with E-state index in [2.05, 4.69) is 5.32 Å². The van der Waals surface area contributed by atoms with Crippen LogP contribution in [0.3, 0.4) is 0 Å². The molecule has 0 bridgehead atoms. The monoisotopic (exact) mass is 347 g/mol. The van der Waals surface area contributed by atoms with Crippen molar-refractivity contribution in [3.63, 3.8) is 0 Å². The molecule has 0 spiro atoms. The number of alkyl halides is 1. The summed E-state index contributed by atoms with van der Waals surface area (Å²) in [7, 11) is 3.00. The van der Waals surface area contributed by atoms with E-state index in [1.165, 1.54) is 21.6 Å². The van der Waals surface area contributed by atoms with Crippen LogP contribution < -0.4 is 10.1 Å². The van der Waals surface area contributed by atoms with Crippen LogP contribution in [0.15, 0.2) is 24.3 Å². The molecule has 0 unspecified atom stereocenters. The maximum absolute atomic E-state index is 12.0. The third-order valence-electron chi connectivity index (χ3n) is 2.42. The Kier molecular flexibility index (Phi) is 9.49. The van der Waals surface area contributed by atoms with Gasteiger partial charge in [0.1, 0.15) is 19.0 Å². The highest BCUT2D eigenvalue weighted by molar-refractivity contribution is 8.76. The molecule has 0 aliphatic carbocycles. The molecule has 0 fully saturated rings. The van der Waals surface area contributed by atoms with E-state index in [1.54, 1.807) is 24.3 Å². The summed E-state index contributed by atoms with van der Waals surface area (Å²) < 4.78 is 17.0. The van der Waals surface area contributed by atoms with Crippen LogP contribution >= 0.6 is 21.6 Å². The number of ether oxygens (including phenoxy) is 1. The summed E-state index contributed by atoms with van der Waals surface area (Å²) in [5.74, 6) is 0.787. The molecule has 1 aromatic rings. The Morgan fingerprint density at radius 3 is 2.50 bits per heavy atom. The molecular weight excluding hydrogens is 329 g/mol. The highest BCUT2D eigenvalue weighted by Gasteiger charge is 2.05. The number of hydrogen-bond donors (Lipinski definition) is 2. The molecule has 122 valence electrons. The number of nitrogens with one attached hydrogen (secondary N) is 1. The highest BCUT2D eigenvalue weighted by atomic mass is 33.1. The van der Waals surface area contributed by atoms with Crippen molar-refractivity contribution < 1.29 is 23.8 Å². The van der Waals surface area contributed by atoms with Crippen LogP contribution in [0, 0.1) is 0 Å². The zero-order valence-electron chi connectivity index (χ0n) is 11.9. The minimum absolute atomic E-state index is 0.00229. The number of benzene rings is 1. The summed E-state index contributed by atoms with van der Waals surface area (Å²) in [6.07, 6.45) is 0.140. The topological polar surface area (TPSA) is 75.6 Å². The summed E-state index contributed by atoms with van der Waals surface area (Å²) in [4.78, 5) is 22.2. The van der Waals surface area contributed by atoms with Crippen molar-refractivity contribution in [2.24, 2.45) is 0 Å². The van der Waals surface area contributed by atoms with Gasteiger partial charge in [-0.05, 0) is 24.3 Å². The fourth-order valence-electron chi connectivity index (χ4n) is 1.41. The van der Waals surface area contributed by atoms with Gasteiger partial charge in [0.25, 0.3) is 5.91 Å². The molecule has 1 rings (SSSR count). The van der Waals surface area contributed by atoms with Crippen molar-refractivity contribution in [2.75, 3.05) is 31.3 Å². The van der Waals surface area contributed by atoms with Gasteiger partial charge in [-0.1, -0.05) is 21.6 Å². The number of carboxylic acid groups (broad SMARTS) is 1. The van der Waals surface area contributed by atoms with Gasteiger partial charge in [-0.3, -0.25) is 9.59 Å². The summed E-state index contributed by atoms with van der Waals surface area (Å²) >= 11 is 0. The minimum atomic E-state index is -0.805. The highest BCUT2D eigenvalue weighted by Crippen LogP contribution is 2.21. The molecule has 0 atom stereocenters. The van der Waals surface area contributed by atoms with Gasteiger partial charge in [0, 0.05) is 23.6 Å². The van der Waals surface area contributed by atoms with Gasteiger partial charge in [0.05, 0.1) is 6.42 Å². The second kappa shape index (κ2) is 11.2. The molecule has 2 N–H and O–H groups in total.